The smallest absolute Gasteiger partial charge is 0.246 e. The molecule has 3 rings (SSSR count). The number of amides is 1. The summed E-state index contributed by atoms with van der Waals surface area (Å²) in [5.41, 5.74) is 2.36. The van der Waals surface area contributed by atoms with E-state index in [0.29, 0.717) is 15.7 Å². The molecule has 3 aromatic rings. The Bertz CT molecular complexity index is 853. The maximum absolute atomic E-state index is 12.1. The molecule has 2 aromatic heterocycles. The van der Waals surface area contributed by atoms with Crippen molar-refractivity contribution in [1.82, 2.24) is 25.0 Å². The van der Waals surface area contributed by atoms with Gasteiger partial charge in [0.1, 0.15) is 17.8 Å². The van der Waals surface area contributed by atoms with E-state index in [0.717, 1.165) is 11.3 Å². The molecule has 8 nitrogen and oxygen atoms in total. The molecular formula is C13H12N6O2S2. The summed E-state index contributed by atoms with van der Waals surface area (Å²) >= 11 is 6.45. The van der Waals surface area contributed by atoms with Crippen LogP contribution in [-0.4, -0.2) is 38.0 Å². The zero-order valence-electron chi connectivity index (χ0n) is 12.0. The van der Waals surface area contributed by atoms with Crippen molar-refractivity contribution in [3.63, 3.8) is 0 Å². The first-order valence-corrected chi connectivity index (χ1v) is 7.82. The first-order valence-electron chi connectivity index (χ1n) is 6.53. The molecule has 0 aliphatic rings. The van der Waals surface area contributed by atoms with Crippen molar-refractivity contribution in [3.8, 4) is 17.1 Å². The van der Waals surface area contributed by atoms with Crippen molar-refractivity contribution in [2.75, 3.05) is 12.4 Å². The minimum absolute atomic E-state index is 0.0241. The van der Waals surface area contributed by atoms with Crippen molar-refractivity contribution in [2.45, 2.75) is 6.54 Å². The first kappa shape index (κ1) is 15.3. The van der Waals surface area contributed by atoms with Gasteiger partial charge in [-0.05, 0) is 36.5 Å². The number of H-pyrrole nitrogens is 1. The van der Waals surface area contributed by atoms with Gasteiger partial charge >= 0.3 is 0 Å². The largest absolute Gasteiger partial charge is 0.497 e. The number of ether oxygens (including phenoxy) is 1. The topological polar surface area (TPSA) is 97.7 Å². The maximum Gasteiger partial charge on any atom is 0.246 e. The highest BCUT2D eigenvalue weighted by Crippen LogP contribution is 2.21. The molecule has 2 heterocycles. The van der Waals surface area contributed by atoms with Crippen LogP contribution in [0, 0.1) is 4.77 Å². The highest BCUT2D eigenvalue weighted by molar-refractivity contribution is 7.71. The Morgan fingerprint density at radius 2 is 2.22 bits per heavy atom. The Labute approximate surface area is 140 Å². The molecule has 0 spiro atoms. The summed E-state index contributed by atoms with van der Waals surface area (Å²) in [5.74, 6) is 1.06. The number of hydrogen-bond acceptors (Lipinski definition) is 7. The van der Waals surface area contributed by atoms with Crippen LogP contribution in [0.3, 0.4) is 0 Å². The monoisotopic (exact) mass is 348 g/mol. The van der Waals surface area contributed by atoms with Crippen LogP contribution in [-0.2, 0) is 11.3 Å². The van der Waals surface area contributed by atoms with Crippen molar-refractivity contribution < 1.29 is 9.53 Å². The molecule has 0 aliphatic heterocycles. The maximum atomic E-state index is 12.1. The lowest BCUT2D eigenvalue weighted by Gasteiger charge is -2.07. The highest BCUT2D eigenvalue weighted by Gasteiger charge is 2.13. The Balaban J connectivity index is 1.83. The number of carbonyl (C=O) groups excluding carboxylic acids is 1. The zero-order chi connectivity index (χ0) is 16.2. The molecule has 0 bridgehead atoms. The van der Waals surface area contributed by atoms with Crippen LogP contribution in [0.5, 0.6) is 5.75 Å². The molecule has 0 atom stereocenters. The number of rotatable bonds is 5. The third-order valence-corrected chi connectivity index (χ3v) is 3.93. The lowest BCUT2D eigenvalue weighted by molar-refractivity contribution is -0.116. The van der Waals surface area contributed by atoms with E-state index in [1.165, 1.54) is 11.3 Å². The van der Waals surface area contributed by atoms with Crippen LogP contribution in [0.4, 0.5) is 5.13 Å². The Morgan fingerprint density at radius 3 is 2.87 bits per heavy atom. The number of nitrogens with zero attached hydrogens (tertiary/aromatic N) is 4. The van der Waals surface area contributed by atoms with Crippen LogP contribution >= 0.6 is 23.6 Å². The van der Waals surface area contributed by atoms with Gasteiger partial charge in [0.2, 0.25) is 11.0 Å². The second-order valence-corrected chi connectivity index (χ2v) is 5.68. The molecule has 10 heteroatoms. The van der Waals surface area contributed by atoms with Crippen LogP contribution in [0.1, 0.15) is 0 Å². The van der Waals surface area contributed by atoms with E-state index in [4.69, 9.17) is 17.0 Å². The number of carbonyl (C=O) groups is 1. The summed E-state index contributed by atoms with van der Waals surface area (Å²) < 4.78 is 7.12. The van der Waals surface area contributed by atoms with Crippen LogP contribution in [0.15, 0.2) is 29.8 Å². The third kappa shape index (κ3) is 3.43. The van der Waals surface area contributed by atoms with Gasteiger partial charge in [-0.1, -0.05) is 11.3 Å². The molecule has 1 aromatic carbocycles. The number of aromatic nitrogens is 5. The lowest BCUT2D eigenvalue weighted by Crippen LogP contribution is -2.19. The van der Waals surface area contributed by atoms with E-state index in [2.05, 4.69) is 25.7 Å². The zero-order valence-corrected chi connectivity index (χ0v) is 13.6. The SMILES string of the molecule is COc1ccc(-c2n[nH]c(=S)n2CC(=O)Nc2nncs2)cc1. The molecule has 118 valence electrons. The van der Waals surface area contributed by atoms with Gasteiger partial charge in [-0.25, -0.2) is 0 Å². The summed E-state index contributed by atoms with van der Waals surface area (Å²) in [6, 6.07) is 7.34. The summed E-state index contributed by atoms with van der Waals surface area (Å²) in [7, 11) is 1.60. The summed E-state index contributed by atoms with van der Waals surface area (Å²) in [4.78, 5) is 12.1. The van der Waals surface area contributed by atoms with Gasteiger partial charge in [0.25, 0.3) is 0 Å². The van der Waals surface area contributed by atoms with Crippen molar-refractivity contribution in [2.24, 2.45) is 0 Å². The van der Waals surface area contributed by atoms with Gasteiger partial charge in [-0.15, -0.1) is 10.2 Å². The van der Waals surface area contributed by atoms with E-state index in [9.17, 15) is 4.79 Å². The number of nitrogens with one attached hydrogen (secondary N) is 2. The van der Waals surface area contributed by atoms with Crippen LogP contribution in [0.2, 0.25) is 0 Å². The van der Waals surface area contributed by atoms with E-state index in [-0.39, 0.29) is 12.5 Å². The molecule has 0 saturated carbocycles. The van der Waals surface area contributed by atoms with Crippen LogP contribution in [0.25, 0.3) is 11.4 Å². The van der Waals surface area contributed by atoms with Gasteiger partial charge < -0.3 is 4.74 Å². The predicted molar refractivity (Wildman–Crippen MR) is 87.9 cm³/mol. The van der Waals surface area contributed by atoms with Gasteiger partial charge in [0.15, 0.2) is 10.6 Å². The summed E-state index contributed by atoms with van der Waals surface area (Å²) in [6.45, 7) is 0.0241. The molecule has 1 amide bonds. The molecule has 0 radical (unpaired) electrons. The van der Waals surface area contributed by atoms with E-state index < -0.39 is 0 Å². The standard InChI is InChI=1S/C13H12N6O2S2/c1-21-9-4-2-8(3-5-9)11-16-18-13(22)19(11)6-10(20)15-12-17-14-7-23-12/h2-5,7H,6H2,1H3,(H,18,22)(H,15,17,20). The summed E-state index contributed by atoms with van der Waals surface area (Å²) in [6.07, 6.45) is 0. The normalized spacial score (nSPS) is 10.5. The van der Waals surface area contributed by atoms with Crippen LogP contribution < -0.4 is 10.1 Å². The third-order valence-electron chi connectivity index (χ3n) is 3.01. The van der Waals surface area contributed by atoms with Gasteiger partial charge in [0, 0.05) is 5.56 Å². The Hall–Kier alpha value is -2.59. The van der Waals surface area contributed by atoms with Gasteiger partial charge in [0.05, 0.1) is 7.11 Å². The fourth-order valence-corrected chi connectivity index (χ4v) is 2.61. The van der Waals surface area contributed by atoms with Gasteiger partial charge in [-0.3, -0.25) is 19.8 Å². The molecule has 23 heavy (non-hydrogen) atoms. The highest BCUT2D eigenvalue weighted by atomic mass is 32.1. The molecular weight excluding hydrogens is 336 g/mol. The van der Waals surface area contributed by atoms with Crippen molar-refractivity contribution in [3.05, 3.63) is 34.5 Å². The predicted octanol–water partition coefficient (Wildman–Crippen LogP) is 2.11. The first-order chi connectivity index (χ1) is 11.2. The number of methoxy groups -OCH3 is 1. The second kappa shape index (κ2) is 6.67. The molecule has 0 unspecified atom stereocenters. The second-order valence-electron chi connectivity index (χ2n) is 4.46. The quantitative estimate of drug-likeness (QED) is 0.685. The van der Waals surface area contributed by atoms with E-state index in [1.807, 2.05) is 24.3 Å². The number of anilines is 1. The van der Waals surface area contributed by atoms with Gasteiger partial charge in [-0.2, -0.15) is 5.10 Å². The van der Waals surface area contributed by atoms with Crippen molar-refractivity contribution >= 4 is 34.6 Å². The number of hydrogen-bond donors (Lipinski definition) is 2. The summed E-state index contributed by atoms with van der Waals surface area (Å²) in [5, 5.41) is 17.4. The Kier molecular flexibility index (Phi) is 4.44. The molecule has 0 aliphatic carbocycles. The lowest BCUT2D eigenvalue weighted by atomic mass is 10.2. The number of benzene rings is 1. The average Bonchev–Trinajstić information content (AvgIpc) is 3.18. The van der Waals surface area contributed by atoms with E-state index >= 15 is 0 Å². The fourth-order valence-electron chi connectivity index (χ4n) is 1.95. The minimum atomic E-state index is -0.256. The molecule has 0 fully saturated rings. The fraction of sp³-hybridized carbons (Fsp3) is 0.154. The Morgan fingerprint density at radius 1 is 1.43 bits per heavy atom. The molecule has 2 N–H and O–H groups in total. The van der Waals surface area contributed by atoms with E-state index in [1.54, 1.807) is 17.2 Å². The molecule has 0 saturated heterocycles. The average molecular weight is 348 g/mol. The minimum Gasteiger partial charge on any atom is -0.497 e. The van der Waals surface area contributed by atoms with Crippen molar-refractivity contribution in [1.29, 1.82) is 0 Å². The number of aromatic amines is 1.